The van der Waals surface area contributed by atoms with Crippen molar-refractivity contribution in [3.8, 4) is 11.1 Å². The lowest BCUT2D eigenvalue weighted by molar-refractivity contribution is 1.31. The van der Waals surface area contributed by atoms with Crippen LogP contribution in [0.4, 0.5) is 17.1 Å². The number of benzene rings is 9. The number of thiophene rings is 1. The van der Waals surface area contributed by atoms with Crippen LogP contribution in [0.1, 0.15) is 0 Å². The molecule has 224 valence electrons. The zero-order valence-electron chi connectivity index (χ0n) is 26.1. The summed E-state index contributed by atoms with van der Waals surface area (Å²) in [6.07, 6.45) is 0. The van der Waals surface area contributed by atoms with E-state index in [0.717, 1.165) is 11.4 Å². The molecule has 0 radical (unpaired) electrons. The van der Waals surface area contributed by atoms with Gasteiger partial charge in [0.25, 0.3) is 0 Å². The maximum Gasteiger partial charge on any atom is 0.0640 e. The molecule has 0 aliphatic carbocycles. The van der Waals surface area contributed by atoms with Crippen LogP contribution in [-0.4, -0.2) is 0 Å². The van der Waals surface area contributed by atoms with E-state index in [1.807, 2.05) is 11.3 Å². The van der Waals surface area contributed by atoms with E-state index < -0.39 is 0 Å². The summed E-state index contributed by atoms with van der Waals surface area (Å²) in [5, 5.41) is 12.8. The molecule has 0 spiro atoms. The topological polar surface area (TPSA) is 3.24 Å². The third kappa shape index (κ3) is 4.24. The molecule has 10 rings (SSSR count). The lowest BCUT2D eigenvalue weighted by Crippen LogP contribution is -2.10. The summed E-state index contributed by atoms with van der Waals surface area (Å²) in [5.41, 5.74) is 5.93. The summed E-state index contributed by atoms with van der Waals surface area (Å²) in [5.74, 6) is 0. The zero-order valence-corrected chi connectivity index (χ0v) is 26.9. The van der Waals surface area contributed by atoms with E-state index in [0.29, 0.717) is 0 Å². The Bertz CT molecular complexity index is 2840. The fourth-order valence-electron chi connectivity index (χ4n) is 7.51. The molecule has 0 saturated heterocycles. The van der Waals surface area contributed by atoms with Gasteiger partial charge in [-0.05, 0) is 84.5 Å². The van der Waals surface area contributed by atoms with Gasteiger partial charge in [0.2, 0.25) is 0 Å². The first-order valence-electron chi connectivity index (χ1n) is 16.4. The van der Waals surface area contributed by atoms with Crippen molar-refractivity contribution in [2.24, 2.45) is 0 Å². The van der Waals surface area contributed by atoms with Gasteiger partial charge >= 0.3 is 0 Å². The molecule has 0 amide bonds. The van der Waals surface area contributed by atoms with Gasteiger partial charge in [-0.1, -0.05) is 146 Å². The summed E-state index contributed by atoms with van der Waals surface area (Å²) < 4.78 is 2.63. The van der Waals surface area contributed by atoms with Crippen molar-refractivity contribution < 1.29 is 0 Å². The van der Waals surface area contributed by atoms with Crippen molar-refractivity contribution in [3.05, 3.63) is 176 Å². The van der Waals surface area contributed by atoms with Gasteiger partial charge < -0.3 is 4.90 Å². The van der Waals surface area contributed by atoms with E-state index in [1.165, 1.54) is 80.1 Å². The van der Waals surface area contributed by atoms with Crippen molar-refractivity contribution >= 4 is 91.7 Å². The van der Waals surface area contributed by atoms with Crippen LogP contribution in [0, 0.1) is 0 Å². The first kappa shape index (κ1) is 27.2. The number of nitrogens with zero attached hydrogens (tertiary/aromatic N) is 1. The minimum atomic E-state index is 1.13. The quantitative estimate of drug-likeness (QED) is 0.176. The molecular formula is C46H29NS. The zero-order chi connectivity index (χ0) is 31.6. The van der Waals surface area contributed by atoms with Gasteiger partial charge in [-0.15, -0.1) is 11.3 Å². The molecule has 0 fully saturated rings. The monoisotopic (exact) mass is 627 g/mol. The Balaban J connectivity index is 1.22. The highest BCUT2D eigenvalue weighted by Gasteiger charge is 2.20. The van der Waals surface area contributed by atoms with Gasteiger partial charge in [-0.2, -0.15) is 0 Å². The molecule has 9 aromatic carbocycles. The highest BCUT2D eigenvalue weighted by molar-refractivity contribution is 7.27. The minimum absolute atomic E-state index is 1.13. The molecule has 0 aliphatic heterocycles. The molecule has 1 heterocycles. The average molecular weight is 628 g/mol. The van der Waals surface area contributed by atoms with Gasteiger partial charge in [-0.25, -0.2) is 0 Å². The lowest BCUT2D eigenvalue weighted by atomic mass is 9.98. The van der Waals surface area contributed by atoms with Gasteiger partial charge in [0.15, 0.2) is 0 Å². The first-order chi connectivity index (χ1) is 23.8. The average Bonchev–Trinajstić information content (AvgIpc) is 3.55. The maximum absolute atomic E-state index is 2.45. The van der Waals surface area contributed by atoms with Crippen molar-refractivity contribution in [2.75, 3.05) is 4.90 Å². The van der Waals surface area contributed by atoms with Crippen LogP contribution in [0.3, 0.4) is 0 Å². The number of fused-ring (bicyclic) bond motifs is 9. The highest BCUT2D eigenvalue weighted by atomic mass is 32.1. The van der Waals surface area contributed by atoms with Gasteiger partial charge in [0.1, 0.15) is 0 Å². The Hall–Kier alpha value is -5.96. The molecule has 0 N–H and O–H groups in total. The standard InChI is InChI=1S/C46H29NS/c1-4-13-37-30(9-1)12-7-16-38(37)33-21-25-35(26-22-33)47(36-27-23-34-20-19-31-10-2-5-14-39(31)43(34)29-36)44-18-8-17-41-42-28-24-32-11-3-6-15-40(32)45(42)48-46(41)44/h1-29H. The first-order valence-corrected chi connectivity index (χ1v) is 17.2. The Kier molecular flexibility index (Phi) is 6.12. The Morgan fingerprint density at radius 1 is 0.333 bits per heavy atom. The largest absolute Gasteiger partial charge is 0.309 e. The molecule has 0 bridgehead atoms. The second-order valence-corrected chi connectivity index (χ2v) is 13.5. The Morgan fingerprint density at radius 3 is 1.69 bits per heavy atom. The maximum atomic E-state index is 2.45. The second-order valence-electron chi connectivity index (χ2n) is 12.5. The smallest absolute Gasteiger partial charge is 0.0640 e. The van der Waals surface area contributed by atoms with E-state index in [9.17, 15) is 0 Å². The summed E-state index contributed by atoms with van der Waals surface area (Å²) in [6, 6.07) is 64.5. The summed E-state index contributed by atoms with van der Waals surface area (Å²) in [6.45, 7) is 0. The molecule has 10 aromatic rings. The highest BCUT2D eigenvalue weighted by Crippen LogP contribution is 2.47. The number of hydrogen-bond donors (Lipinski definition) is 0. The van der Waals surface area contributed by atoms with Crippen LogP contribution in [0.15, 0.2) is 176 Å². The normalized spacial score (nSPS) is 11.8. The number of rotatable bonds is 4. The third-order valence-electron chi connectivity index (χ3n) is 9.82. The van der Waals surface area contributed by atoms with Crippen molar-refractivity contribution in [3.63, 3.8) is 0 Å². The molecule has 1 aromatic heterocycles. The van der Waals surface area contributed by atoms with E-state index >= 15 is 0 Å². The molecule has 1 nitrogen and oxygen atoms in total. The Morgan fingerprint density at radius 2 is 0.875 bits per heavy atom. The predicted molar refractivity (Wildman–Crippen MR) is 209 cm³/mol. The van der Waals surface area contributed by atoms with Crippen LogP contribution in [0.25, 0.3) is 74.4 Å². The number of anilines is 3. The third-order valence-corrected chi connectivity index (χ3v) is 11.1. The molecule has 48 heavy (non-hydrogen) atoms. The predicted octanol–water partition coefficient (Wildman–Crippen LogP) is 13.8. The van der Waals surface area contributed by atoms with E-state index in [-0.39, 0.29) is 0 Å². The van der Waals surface area contributed by atoms with Crippen LogP contribution in [-0.2, 0) is 0 Å². The summed E-state index contributed by atoms with van der Waals surface area (Å²) in [7, 11) is 0. The van der Waals surface area contributed by atoms with E-state index in [4.69, 9.17) is 0 Å². The molecule has 0 saturated carbocycles. The fraction of sp³-hybridized carbons (Fsp3) is 0. The van der Waals surface area contributed by atoms with E-state index in [2.05, 4.69) is 181 Å². The van der Waals surface area contributed by atoms with Gasteiger partial charge in [-0.3, -0.25) is 0 Å². The molecular weight excluding hydrogens is 599 g/mol. The van der Waals surface area contributed by atoms with Crippen LogP contribution in [0.5, 0.6) is 0 Å². The molecule has 0 aliphatic rings. The number of hydrogen-bond acceptors (Lipinski definition) is 2. The van der Waals surface area contributed by atoms with Crippen molar-refractivity contribution in [1.82, 2.24) is 0 Å². The Labute approximate surface area is 282 Å². The molecule has 2 heteroatoms. The van der Waals surface area contributed by atoms with Crippen LogP contribution in [0.2, 0.25) is 0 Å². The minimum Gasteiger partial charge on any atom is -0.309 e. The molecule has 0 atom stereocenters. The van der Waals surface area contributed by atoms with Crippen LogP contribution < -0.4 is 4.90 Å². The van der Waals surface area contributed by atoms with Gasteiger partial charge in [0.05, 0.1) is 10.4 Å². The van der Waals surface area contributed by atoms with Crippen LogP contribution >= 0.6 is 11.3 Å². The van der Waals surface area contributed by atoms with Crippen molar-refractivity contribution in [2.45, 2.75) is 0 Å². The lowest BCUT2D eigenvalue weighted by Gasteiger charge is -2.27. The summed E-state index contributed by atoms with van der Waals surface area (Å²) >= 11 is 1.90. The summed E-state index contributed by atoms with van der Waals surface area (Å²) in [4.78, 5) is 2.45. The molecule has 0 unspecified atom stereocenters. The second kappa shape index (κ2) is 10.8. The van der Waals surface area contributed by atoms with E-state index in [1.54, 1.807) is 0 Å². The van der Waals surface area contributed by atoms with Crippen molar-refractivity contribution in [1.29, 1.82) is 0 Å². The fourth-order valence-corrected chi connectivity index (χ4v) is 8.85. The SMILES string of the molecule is c1ccc2c(-c3ccc(N(c4ccc5ccc6ccccc6c5c4)c4cccc5c4sc4c6ccccc6ccc54)cc3)cccc2c1. The van der Waals surface area contributed by atoms with Gasteiger partial charge in [0, 0.05) is 26.8 Å².